The lowest BCUT2D eigenvalue weighted by Gasteiger charge is -2.07. The molecular formula is C11H17ClN2O2S. The molecule has 0 saturated carbocycles. The van der Waals surface area contributed by atoms with E-state index in [9.17, 15) is 8.42 Å². The summed E-state index contributed by atoms with van der Waals surface area (Å²) < 4.78 is 25.7. The van der Waals surface area contributed by atoms with Crippen molar-refractivity contribution in [3.05, 3.63) is 30.1 Å². The van der Waals surface area contributed by atoms with E-state index in [1.165, 1.54) is 0 Å². The van der Waals surface area contributed by atoms with E-state index in [4.69, 9.17) is 11.6 Å². The third-order valence-corrected chi connectivity index (χ3v) is 3.82. The van der Waals surface area contributed by atoms with E-state index in [1.807, 2.05) is 19.1 Å². The van der Waals surface area contributed by atoms with Crippen molar-refractivity contribution in [3.8, 4) is 0 Å². The first kappa shape index (κ1) is 14.4. The summed E-state index contributed by atoms with van der Waals surface area (Å²) in [7, 11) is -3.22. The molecule has 0 spiro atoms. The fourth-order valence-electron chi connectivity index (χ4n) is 1.27. The Bertz CT molecular complexity index is 420. The molecule has 1 atom stereocenters. The molecule has 0 aliphatic carbocycles. The molecule has 0 aliphatic heterocycles. The van der Waals surface area contributed by atoms with Crippen LogP contribution in [-0.2, 0) is 16.4 Å². The van der Waals surface area contributed by atoms with Gasteiger partial charge in [0.1, 0.15) is 0 Å². The smallest absolute Gasteiger partial charge is 0.211 e. The molecule has 0 fully saturated rings. The first-order chi connectivity index (χ1) is 7.99. The molecule has 4 nitrogen and oxygen atoms in total. The molecule has 1 aromatic rings. The Morgan fingerprint density at radius 3 is 2.82 bits per heavy atom. The van der Waals surface area contributed by atoms with Gasteiger partial charge in [0.05, 0.1) is 5.75 Å². The van der Waals surface area contributed by atoms with Crippen LogP contribution in [-0.4, -0.2) is 31.1 Å². The van der Waals surface area contributed by atoms with Crippen molar-refractivity contribution < 1.29 is 8.42 Å². The molecule has 1 unspecified atom stereocenters. The van der Waals surface area contributed by atoms with Crippen molar-refractivity contribution in [2.45, 2.75) is 25.1 Å². The second-order valence-corrected chi connectivity index (χ2v) is 6.53. The van der Waals surface area contributed by atoms with E-state index in [-0.39, 0.29) is 11.1 Å². The fourth-order valence-corrected chi connectivity index (χ4v) is 2.43. The maximum atomic E-state index is 11.6. The van der Waals surface area contributed by atoms with Gasteiger partial charge in [-0.15, -0.1) is 11.6 Å². The van der Waals surface area contributed by atoms with Gasteiger partial charge < -0.3 is 0 Å². The maximum absolute atomic E-state index is 11.6. The molecule has 0 bridgehead atoms. The van der Waals surface area contributed by atoms with Crippen LogP contribution in [0.3, 0.4) is 0 Å². The summed E-state index contributed by atoms with van der Waals surface area (Å²) in [6.07, 6.45) is 2.71. The summed E-state index contributed by atoms with van der Waals surface area (Å²) in [5, 5.41) is -0.0199. The lowest BCUT2D eigenvalue weighted by molar-refractivity contribution is 0.577. The molecule has 17 heavy (non-hydrogen) atoms. The highest BCUT2D eigenvalue weighted by Crippen LogP contribution is 2.00. The zero-order chi connectivity index (χ0) is 12.7. The minimum atomic E-state index is -3.22. The van der Waals surface area contributed by atoms with Gasteiger partial charge in [-0.05, 0) is 25.5 Å². The van der Waals surface area contributed by atoms with Crippen molar-refractivity contribution >= 4 is 21.6 Å². The van der Waals surface area contributed by atoms with Gasteiger partial charge in [0.2, 0.25) is 10.0 Å². The second kappa shape index (κ2) is 6.93. The summed E-state index contributed by atoms with van der Waals surface area (Å²) in [5.74, 6) is 0.0562. The second-order valence-electron chi connectivity index (χ2n) is 3.85. The van der Waals surface area contributed by atoms with Crippen molar-refractivity contribution in [1.82, 2.24) is 9.71 Å². The molecule has 0 saturated heterocycles. The number of aromatic nitrogens is 1. The lowest BCUT2D eigenvalue weighted by Crippen LogP contribution is -2.29. The van der Waals surface area contributed by atoms with Crippen molar-refractivity contribution in [2.24, 2.45) is 0 Å². The van der Waals surface area contributed by atoms with Gasteiger partial charge in [-0.3, -0.25) is 4.98 Å². The summed E-state index contributed by atoms with van der Waals surface area (Å²) in [6, 6.07) is 5.46. The number of aryl methyl sites for hydroxylation is 1. The van der Waals surface area contributed by atoms with Crippen LogP contribution in [0.25, 0.3) is 0 Å². The Morgan fingerprint density at radius 2 is 2.24 bits per heavy atom. The predicted octanol–water partition coefficient (Wildman–Crippen LogP) is 1.56. The van der Waals surface area contributed by atoms with Crippen LogP contribution in [0.5, 0.6) is 0 Å². The van der Waals surface area contributed by atoms with Crippen LogP contribution in [0, 0.1) is 0 Å². The molecule has 96 valence electrons. The number of rotatable bonds is 7. The van der Waals surface area contributed by atoms with Crippen LogP contribution < -0.4 is 4.72 Å². The monoisotopic (exact) mass is 276 g/mol. The Balaban J connectivity index is 2.35. The number of nitrogens with zero attached hydrogens (tertiary/aromatic N) is 1. The topological polar surface area (TPSA) is 59.1 Å². The summed E-state index contributed by atoms with van der Waals surface area (Å²) in [5.41, 5.74) is 0.781. The minimum absolute atomic E-state index is 0.0199. The molecule has 1 rings (SSSR count). The van der Waals surface area contributed by atoms with E-state index in [0.717, 1.165) is 5.69 Å². The minimum Gasteiger partial charge on any atom is -0.261 e. The highest BCUT2D eigenvalue weighted by atomic mass is 35.5. The van der Waals surface area contributed by atoms with E-state index >= 15 is 0 Å². The zero-order valence-electron chi connectivity index (χ0n) is 9.77. The van der Waals surface area contributed by atoms with Crippen molar-refractivity contribution in [1.29, 1.82) is 0 Å². The van der Waals surface area contributed by atoms with Gasteiger partial charge in [-0.1, -0.05) is 6.07 Å². The number of alkyl halides is 1. The average Bonchev–Trinajstić information content (AvgIpc) is 2.27. The summed E-state index contributed by atoms with van der Waals surface area (Å²) >= 11 is 5.73. The summed E-state index contributed by atoms with van der Waals surface area (Å²) in [6.45, 7) is 2.22. The van der Waals surface area contributed by atoms with Gasteiger partial charge in [0, 0.05) is 30.2 Å². The largest absolute Gasteiger partial charge is 0.261 e. The predicted molar refractivity (Wildman–Crippen MR) is 69.7 cm³/mol. The molecule has 0 amide bonds. The first-order valence-corrected chi connectivity index (χ1v) is 7.60. The molecule has 1 N–H and O–H groups in total. The molecule has 1 aromatic heterocycles. The molecule has 0 aliphatic rings. The number of halogens is 1. The number of pyridine rings is 1. The Kier molecular flexibility index (Phi) is 5.88. The van der Waals surface area contributed by atoms with E-state index in [1.54, 1.807) is 12.3 Å². The van der Waals surface area contributed by atoms with Gasteiger partial charge in [-0.2, -0.15) is 0 Å². The Labute approximate surface area is 107 Å². The molecular weight excluding hydrogens is 260 g/mol. The number of nitrogens with one attached hydrogen (secondary N) is 1. The Morgan fingerprint density at radius 1 is 1.47 bits per heavy atom. The van der Waals surface area contributed by atoms with Crippen molar-refractivity contribution in [3.63, 3.8) is 0 Å². The van der Waals surface area contributed by atoms with Gasteiger partial charge in [0.15, 0.2) is 0 Å². The highest BCUT2D eigenvalue weighted by Gasteiger charge is 2.10. The molecule has 6 heteroatoms. The standard InChI is InChI=1S/C11H17ClN2O2S/c1-10(12)5-8-14-17(15,16)9-6-11-4-2-3-7-13-11/h2-4,7,10,14H,5-6,8-9H2,1H3. The van der Waals surface area contributed by atoms with Crippen LogP contribution >= 0.6 is 11.6 Å². The van der Waals surface area contributed by atoms with Gasteiger partial charge in [-0.25, -0.2) is 13.1 Å². The third kappa shape index (κ3) is 6.61. The van der Waals surface area contributed by atoms with Crippen LogP contribution in [0.1, 0.15) is 19.0 Å². The molecule has 0 radical (unpaired) electrons. The van der Waals surface area contributed by atoms with Crippen LogP contribution in [0.15, 0.2) is 24.4 Å². The zero-order valence-corrected chi connectivity index (χ0v) is 11.3. The summed E-state index contributed by atoms with van der Waals surface area (Å²) in [4.78, 5) is 4.08. The highest BCUT2D eigenvalue weighted by molar-refractivity contribution is 7.89. The van der Waals surface area contributed by atoms with Crippen molar-refractivity contribution in [2.75, 3.05) is 12.3 Å². The van der Waals surface area contributed by atoms with Gasteiger partial charge >= 0.3 is 0 Å². The van der Waals surface area contributed by atoms with Crippen LogP contribution in [0.4, 0.5) is 0 Å². The van der Waals surface area contributed by atoms with Gasteiger partial charge in [0.25, 0.3) is 0 Å². The average molecular weight is 277 g/mol. The van der Waals surface area contributed by atoms with E-state index < -0.39 is 10.0 Å². The SMILES string of the molecule is CC(Cl)CCNS(=O)(=O)CCc1ccccn1. The Hall–Kier alpha value is -0.650. The third-order valence-electron chi connectivity index (χ3n) is 2.22. The maximum Gasteiger partial charge on any atom is 0.211 e. The van der Waals surface area contributed by atoms with E-state index in [0.29, 0.717) is 19.4 Å². The number of sulfonamides is 1. The number of hydrogen-bond donors (Lipinski definition) is 1. The normalized spacial score (nSPS) is 13.5. The molecule has 1 heterocycles. The quantitative estimate of drug-likeness (QED) is 0.769. The van der Waals surface area contributed by atoms with E-state index in [2.05, 4.69) is 9.71 Å². The number of hydrogen-bond acceptors (Lipinski definition) is 3. The first-order valence-electron chi connectivity index (χ1n) is 5.51. The van der Waals surface area contributed by atoms with Crippen LogP contribution in [0.2, 0.25) is 0 Å². The fraction of sp³-hybridized carbons (Fsp3) is 0.545. The molecule has 0 aromatic carbocycles. The lowest BCUT2D eigenvalue weighted by atomic mass is 10.3.